The van der Waals surface area contributed by atoms with Gasteiger partial charge in [-0.25, -0.2) is 17.5 Å². The summed E-state index contributed by atoms with van der Waals surface area (Å²) < 4.78 is 45.8. The second kappa shape index (κ2) is 8.31. The summed E-state index contributed by atoms with van der Waals surface area (Å²) in [7, 11) is -2.54. The minimum Gasteiger partial charge on any atom is -0.495 e. The molecule has 0 amide bonds. The van der Waals surface area contributed by atoms with Gasteiger partial charge in [0.1, 0.15) is 16.5 Å². The van der Waals surface area contributed by atoms with Crippen LogP contribution in [0.5, 0.6) is 5.75 Å². The summed E-state index contributed by atoms with van der Waals surface area (Å²) in [5, 5.41) is 0. The maximum absolute atomic E-state index is 13.4. The second-order valence-corrected chi connectivity index (χ2v) is 7.19. The van der Waals surface area contributed by atoms with E-state index in [2.05, 4.69) is 23.5 Å². The molecule has 0 radical (unpaired) electrons. The summed E-state index contributed by atoms with van der Waals surface area (Å²) in [6, 6.07) is 11.1. The lowest BCUT2D eigenvalue weighted by molar-refractivity contribution is 0.400. The lowest BCUT2D eigenvalue weighted by Gasteiger charge is -2.21. The molecule has 0 saturated heterocycles. The van der Waals surface area contributed by atoms with Crippen molar-refractivity contribution in [3.8, 4) is 5.75 Å². The summed E-state index contributed by atoms with van der Waals surface area (Å²) in [4.78, 5) is 1.99. The molecule has 2 rings (SSSR count). The molecule has 0 aromatic heterocycles. The van der Waals surface area contributed by atoms with Crippen molar-refractivity contribution in [1.82, 2.24) is 4.72 Å². The molecule has 0 atom stereocenters. The molecule has 0 aliphatic heterocycles. The highest BCUT2D eigenvalue weighted by molar-refractivity contribution is 7.89. The first-order valence-electron chi connectivity index (χ1n) is 8.08. The van der Waals surface area contributed by atoms with Gasteiger partial charge in [-0.1, -0.05) is 12.1 Å². The summed E-state index contributed by atoms with van der Waals surface area (Å²) in [5.74, 6) is -0.532. The molecule has 136 valence electrons. The van der Waals surface area contributed by atoms with Crippen LogP contribution in [-0.2, 0) is 16.6 Å². The van der Waals surface area contributed by atoms with E-state index in [4.69, 9.17) is 4.74 Å². The topological polar surface area (TPSA) is 58.6 Å². The number of anilines is 1. The minimum atomic E-state index is -3.88. The summed E-state index contributed by atoms with van der Waals surface area (Å²) in [5.41, 5.74) is 1.90. The van der Waals surface area contributed by atoms with E-state index in [1.165, 1.54) is 13.2 Å². The molecule has 0 bridgehead atoms. The third-order valence-corrected chi connectivity index (χ3v) is 5.37. The fourth-order valence-corrected chi connectivity index (χ4v) is 3.73. The lowest BCUT2D eigenvalue weighted by atomic mass is 10.2. The van der Waals surface area contributed by atoms with E-state index in [9.17, 15) is 12.8 Å². The largest absolute Gasteiger partial charge is 0.495 e. The Labute approximate surface area is 148 Å². The first-order valence-corrected chi connectivity index (χ1v) is 9.56. The molecule has 0 aliphatic carbocycles. The Bertz CT molecular complexity index is 804. The average molecular weight is 366 g/mol. The van der Waals surface area contributed by atoms with Crippen LogP contribution in [0.4, 0.5) is 10.1 Å². The van der Waals surface area contributed by atoms with Crippen molar-refractivity contribution in [1.29, 1.82) is 0 Å². The molecule has 5 nitrogen and oxygen atoms in total. The van der Waals surface area contributed by atoms with Crippen LogP contribution in [0, 0.1) is 5.82 Å². The molecule has 7 heteroatoms. The van der Waals surface area contributed by atoms with Crippen molar-refractivity contribution in [2.75, 3.05) is 25.1 Å². The van der Waals surface area contributed by atoms with E-state index in [0.717, 1.165) is 36.5 Å². The van der Waals surface area contributed by atoms with Gasteiger partial charge >= 0.3 is 0 Å². The molecule has 25 heavy (non-hydrogen) atoms. The van der Waals surface area contributed by atoms with Gasteiger partial charge in [0.15, 0.2) is 0 Å². The Balaban J connectivity index is 2.14. The minimum absolute atomic E-state index is 0.103. The van der Waals surface area contributed by atoms with Crippen LogP contribution >= 0.6 is 0 Å². The van der Waals surface area contributed by atoms with Crippen molar-refractivity contribution in [3.63, 3.8) is 0 Å². The van der Waals surface area contributed by atoms with Gasteiger partial charge < -0.3 is 9.64 Å². The summed E-state index contributed by atoms with van der Waals surface area (Å²) in [6.07, 6.45) is 0. The monoisotopic (exact) mass is 366 g/mol. The number of ether oxygens (including phenoxy) is 1. The van der Waals surface area contributed by atoms with Crippen LogP contribution in [0.1, 0.15) is 19.4 Å². The van der Waals surface area contributed by atoms with Crippen LogP contribution in [0.2, 0.25) is 0 Å². The Morgan fingerprint density at radius 3 is 2.28 bits per heavy atom. The normalized spacial score (nSPS) is 11.4. The van der Waals surface area contributed by atoms with Gasteiger partial charge in [-0.2, -0.15) is 0 Å². The Morgan fingerprint density at radius 1 is 1.08 bits per heavy atom. The number of methoxy groups -OCH3 is 1. The zero-order valence-electron chi connectivity index (χ0n) is 14.6. The number of rotatable bonds is 8. The van der Waals surface area contributed by atoms with Crippen LogP contribution in [0.3, 0.4) is 0 Å². The number of benzene rings is 2. The van der Waals surface area contributed by atoms with Gasteiger partial charge in [0, 0.05) is 25.3 Å². The van der Waals surface area contributed by atoms with Crippen molar-refractivity contribution < 1.29 is 17.5 Å². The summed E-state index contributed by atoms with van der Waals surface area (Å²) >= 11 is 0. The smallest absolute Gasteiger partial charge is 0.244 e. The molecule has 0 spiro atoms. The van der Waals surface area contributed by atoms with Gasteiger partial charge in [-0.3, -0.25) is 0 Å². The number of hydrogen-bond acceptors (Lipinski definition) is 4. The Hall–Kier alpha value is -2.12. The van der Waals surface area contributed by atoms with E-state index >= 15 is 0 Å². The van der Waals surface area contributed by atoms with Gasteiger partial charge in [0.2, 0.25) is 10.0 Å². The zero-order chi connectivity index (χ0) is 18.4. The van der Waals surface area contributed by atoms with Gasteiger partial charge in [0.25, 0.3) is 0 Å². The van der Waals surface area contributed by atoms with E-state index in [1.54, 1.807) is 0 Å². The third-order valence-electron chi connectivity index (χ3n) is 3.95. The Morgan fingerprint density at radius 2 is 1.72 bits per heavy atom. The molecule has 0 saturated carbocycles. The van der Waals surface area contributed by atoms with Gasteiger partial charge in [0.05, 0.1) is 7.11 Å². The molecule has 2 aromatic carbocycles. The SMILES string of the molecule is CCN(CC)c1ccc(CNS(=O)(=O)c2cc(F)ccc2OC)cc1. The predicted octanol–water partition coefficient (Wildman–Crippen LogP) is 3.16. The fourth-order valence-electron chi connectivity index (χ4n) is 2.53. The second-order valence-electron chi connectivity index (χ2n) is 5.46. The van der Waals surface area contributed by atoms with Gasteiger partial charge in [-0.15, -0.1) is 0 Å². The van der Waals surface area contributed by atoms with E-state index in [-0.39, 0.29) is 17.2 Å². The molecule has 0 fully saturated rings. The maximum atomic E-state index is 13.4. The summed E-state index contributed by atoms with van der Waals surface area (Å²) in [6.45, 7) is 6.08. The van der Waals surface area contributed by atoms with Crippen molar-refractivity contribution in [3.05, 3.63) is 53.8 Å². The van der Waals surface area contributed by atoms with Crippen molar-refractivity contribution in [2.45, 2.75) is 25.3 Å². The maximum Gasteiger partial charge on any atom is 0.244 e. The molecule has 2 aromatic rings. The standard InChI is InChI=1S/C18H23FN2O3S/c1-4-21(5-2)16-9-6-14(7-10-16)13-20-25(22,23)18-12-15(19)8-11-17(18)24-3/h6-12,20H,4-5,13H2,1-3H3. The first kappa shape index (κ1) is 19.2. The van der Waals surface area contributed by atoms with Crippen molar-refractivity contribution in [2.24, 2.45) is 0 Å². The zero-order valence-corrected chi connectivity index (χ0v) is 15.4. The molecule has 1 N–H and O–H groups in total. The Kier molecular flexibility index (Phi) is 6.39. The molecule has 0 heterocycles. The average Bonchev–Trinajstić information content (AvgIpc) is 2.62. The van der Waals surface area contributed by atoms with Gasteiger partial charge in [-0.05, 0) is 49.7 Å². The van der Waals surface area contributed by atoms with Crippen LogP contribution in [-0.4, -0.2) is 28.6 Å². The lowest BCUT2D eigenvalue weighted by Crippen LogP contribution is -2.24. The highest BCUT2D eigenvalue weighted by Crippen LogP contribution is 2.24. The highest BCUT2D eigenvalue weighted by atomic mass is 32.2. The van der Waals surface area contributed by atoms with Crippen molar-refractivity contribution >= 4 is 15.7 Å². The number of nitrogens with one attached hydrogen (secondary N) is 1. The highest BCUT2D eigenvalue weighted by Gasteiger charge is 2.20. The van der Waals surface area contributed by atoms with E-state index in [0.29, 0.717) is 0 Å². The fraction of sp³-hybridized carbons (Fsp3) is 0.333. The van der Waals surface area contributed by atoms with E-state index in [1.807, 2.05) is 24.3 Å². The molecule has 0 unspecified atom stereocenters. The van der Waals surface area contributed by atoms with Crippen LogP contribution in [0.15, 0.2) is 47.4 Å². The quantitative estimate of drug-likeness (QED) is 0.780. The predicted molar refractivity (Wildman–Crippen MR) is 97.0 cm³/mol. The number of halogens is 1. The number of hydrogen-bond donors (Lipinski definition) is 1. The molecule has 0 aliphatic rings. The molecular weight excluding hydrogens is 343 g/mol. The third kappa shape index (κ3) is 4.70. The van der Waals surface area contributed by atoms with Crippen LogP contribution in [0.25, 0.3) is 0 Å². The molecular formula is C18H23FN2O3S. The van der Waals surface area contributed by atoms with Crippen LogP contribution < -0.4 is 14.4 Å². The van der Waals surface area contributed by atoms with E-state index < -0.39 is 15.8 Å². The first-order chi connectivity index (χ1) is 11.9. The number of sulfonamides is 1. The number of nitrogens with zero attached hydrogens (tertiary/aromatic N) is 1.